The second kappa shape index (κ2) is 11.9. The molecule has 0 aromatic rings. The molecule has 1 saturated heterocycles. The Hall–Kier alpha value is -2.26. The van der Waals surface area contributed by atoms with Crippen molar-refractivity contribution in [1.82, 2.24) is 10.2 Å². The van der Waals surface area contributed by atoms with Crippen molar-refractivity contribution in [1.29, 1.82) is 0 Å². The number of ketones is 1. The first kappa shape index (κ1) is 32.0. The number of likely N-dealkylation sites (tertiary alicyclic amines) is 1. The van der Waals surface area contributed by atoms with Gasteiger partial charge >= 0.3 is 18.1 Å². The van der Waals surface area contributed by atoms with Crippen molar-refractivity contribution in [3.05, 3.63) is 0 Å². The number of Topliss-reactive ketones (excluding diaryl/α,β-unsaturated/α-hetero) is 1. The average molecular weight is 572 g/mol. The molecule has 2 aliphatic carbocycles. The van der Waals surface area contributed by atoms with Crippen LogP contribution in [0.1, 0.15) is 65.2 Å². The van der Waals surface area contributed by atoms with Crippen LogP contribution in [0.4, 0.5) is 13.2 Å². The van der Waals surface area contributed by atoms with Crippen LogP contribution in [0, 0.1) is 16.7 Å². The van der Waals surface area contributed by atoms with Crippen molar-refractivity contribution in [2.45, 2.75) is 83.5 Å². The number of amides is 2. The third-order valence-corrected chi connectivity index (χ3v) is 9.05. The first-order chi connectivity index (χ1) is 17.4. The highest BCUT2D eigenvalue weighted by Crippen LogP contribution is 2.64. The molecule has 218 valence electrons. The van der Waals surface area contributed by atoms with Crippen LogP contribution >= 0.6 is 0 Å². The molecule has 0 radical (unpaired) electrons. The number of carbonyl (C=O) groups is 4. The number of nitrogens with one attached hydrogen (secondary N) is 1. The molecule has 2 saturated carbocycles. The van der Waals surface area contributed by atoms with Gasteiger partial charge in [-0.1, -0.05) is 13.8 Å². The zero-order valence-corrected chi connectivity index (χ0v) is 22.2. The Bertz CT molecular complexity index is 1030. The second-order valence-electron chi connectivity index (χ2n) is 10.7. The third-order valence-electron chi connectivity index (χ3n) is 8.20. The summed E-state index contributed by atoms with van der Waals surface area (Å²) in [4.78, 5) is 47.5. The Labute approximate surface area is 219 Å². The predicted octanol–water partition coefficient (Wildman–Crippen LogP) is 1.51. The van der Waals surface area contributed by atoms with E-state index in [1.807, 2.05) is 13.8 Å². The number of nitrogens with two attached hydrogens (primary N) is 1. The molecular formula is C23H36F3N3O8S. The van der Waals surface area contributed by atoms with Crippen molar-refractivity contribution in [2.75, 3.05) is 18.8 Å². The topological polar surface area (TPSA) is 184 Å². The van der Waals surface area contributed by atoms with Crippen molar-refractivity contribution in [2.24, 2.45) is 22.5 Å². The van der Waals surface area contributed by atoms with E-state index in [9.17, 15) is 40.8 Å². The van der Waals surface area contributed by atoms with Gasteiger partial charge in [0.05, 0.1) is 11.2 Å². The Morgan fingerprint density at radius 1 is 1.21 bits per heavy atom. The maximum atomic E-state index is 12.4. The van der Waals surface area contributed by atoms with Gasteiger partial charge in [0.15, 0.2) is 0 Å². The zero-order valence-electron chi connectivity index (χ0n) is 21.4. The van der Waals surface area contributed by atoms with Crippen LogP contribution < -0.4 is 11.1 Å². The highest BCUT2D eigenvalue weighted by molar-refractivity contribution is 7.85. The van der Waals surface area contributed by atoms with Crippen LogP contribution in [0.15, 0.2) is 0 Å². The van der Waals surface area contributed by atoms with Crippen molar-refractivity contribution >= 4 is 33.7 Å². The SMILES string of the molecule is CC1(C)C2CCC1(CS(=O)(=O)O)C(=O)C2.NCCCC[C@H](NC(=O)C(F)(F)F)C(=O)N1CCC[C@H]1C(=O)O. The van der Waals surface area contributed by atoms with E-state index < -0.39 is 57.3 Å². The number of alkyl halides is 3. The summed E-state index contributed by atoms with van der Waals surface area (Å²) < 4.78 is 68.2. The number of unbranched alkanes of at least 4 members (excludes halogenated alkanes) is 1. The number of fused-ring (bicyclic) bond motifs is 2. The van der Waals surface area contributed by atoms with Gasteiger partial charge in [0, 0.05) is 13.0 Å². The molecule has 1 aliphatic heterocycles. The van der Waals surface area contributed by atoms with Gasteiger partial charge in [0.1, 0.15) is 17.9 Å². The van der Waals surface area contributed by atoms with Crippen LogP contribution in [0.5, 0.6) is 0 Å². The fourth-order valence-electron chi connectivity index (χ4n) is 5.90. The number of halogens is 3. The van der Waals surface area contributed by atoms with E-state index in [-0.39, 0.29) is 36.5 Å². The number of rotatable bonds is 9. The number of hydrogen-bond acceptors (Lipinski definition) is 7. The quantitative estimate of drug-likeness (QED) is 0.235. The minimum atomic E-state index is -5.11. The van der Waals surface area contributed by atoms with Gasteiger partial charge in [0.25, 0.3) is 10.1 Å². The zero-order chi connectivity index (χ0) is 29.1. The van der Waals surface area contributed by atoms with Crippen molar-refractivity contribution < 1.29 is 50.4 Å². The van der Waals surface area contributed by atoms with Gasteiger partial charge in [-0.15, -0.1) is 0 Å². The molecule has 3 rings (SSSR count). The molecule has 3 aliphatic rings. The van der Waals surface area contributed by atoms with Gasteiger partial charge in [0.2, 0.25) is 5.91 Å². The summed E-state index contributed by atoms with van der Waals surface area (Å²) in [6.07, 6.45) is -1.65. The number of carboxylic acid groups (broad SMARTS) is 1. The predicted molar refractivity (Wildman–Crippen MR) is 128 cm³/mol. The van der Waals surface area contributed by atoms with E-state index in [0.29, 0.717) is 38.6 Å². The van der Waals surface area contributed by atoms with Gasteiger partial charge in [-0.05, 0) is 62.8 Å². The summed E-state index contributed by atoms with van der Waals surface area (Å²) >= 11 is 0. The minimum Gasteiger partial charge on any atom is -0.480 e. The summed E-state index contributed by atoms with van der Waals surface area (Å²) in [5.41, 5.74) is 4.18. The van der Waals surface area contributed by atoms with E-state index in [2.05, 4.69) is 0 Å². The lowest BCUT2D eigenvalue weighted by molar-refractivity contribution is -0.175. The van der Waals surface area contributed by atoms with Gasteiger partial charge < -0.3 is 21.1 Å². The molecule has 2 bridgehead atoms. The standard InChI is InChI=1S/C13H20F3N3O4.C10H16O4S/c14-13(15,16)12(23)18-8(4-1-2-6-17)10(20)19-7-3-5-9(19)11(21)22;1-9(2)7-3-4-10(9,8(11)5-7)6-15(12,13)14/h8-9H,1-7,17H2,(H,18,23)(H,21,22);7H,3-6H2,1-2H3,(H,12,13,14)/t8-,9-;/m0./s1. The summed E-state index contributed by atoms with van der Waals surface area (Å²) in [7, 11) is -4.08. The molecule has 3 fully saturated rings. The molecule has 0 aromatic carbocycles. The normalized spacial score (nSPS) is 27.0. The summed E-state index contributed by atoms with van der Waals surface area (Å²) in [5.74, 6) is -4.33. The molecule has 38 heavy (non-hydrogen) atoms. The molecule has 15 heteroatoms. The maximum Gasteiger partial charge on any atom is 0.471 e. The largest absolute Gasteiger partial charge is 0.480 e. The lowest BCUT2D eigenvalue weighted by Crippen LogP contribution is -2.54. The van der Waals surface area contributed by atoms with Crippen LogP contribution in [0.25, 0.3) is 0 Å². The number of aliphatic carboxylic acids is 1. The number of carbonyl (C=O) groups excluding carboxylic acids is 3. The first-order valence-corrected chi connectivity index (χ1v) is 14.1. The van der Waals surface area contributed by atoms with Crippen LogP contribution in [-0.2, 0) is 29.3 Å². The van der Waals surface area contributed by atoms with Gasteiger partial charge in [-0.25, -0.2) is 4.79 Å². The van der Waals surface area contributed by atoms with Crippen LogP contribution in [-0.4, -0.2) is 83.6 Å². The number of hydrogen-bond donors (Lipinski definition) is 4. The fourth-order valence-corrected chi connectivity index (χ4v) is 7.20. The summed E-state index contributed by atoms with van der Waals surface area (Å²) in [5, 5.41) is 10.7. The average Bonchev–Trinajstić information content (AvgIpc) is 3.41. The highest BCUT2D eigenvalue weighted by atomic mass is 32.2. The summed E-state index contributed by atoms with van der Waals surface area (Å²) in [6.45, 7) is 4.34. The van der Waals surface area contributed by atoms with E-state index in [1.165, 1.54) is 0 Å². The fraction of sp³-hybridized carbons (Fsp3) is 0.826. The first-order valence-electron chi connectivity index (χ1n) is 12.5. The monoisotopic (exact) mass is 571 g/mol. The molecule has 5 N–H and O–H groups in total. The molecular weight excluding hydrogens is 535 g/mol. The minimum absolute atomic E-state index is 0.0152. The molecule has 4 atom stereocenters. The van der Waals surface area contributed by atoms with E-state index in [4.69, 9.17) is 15.4 Å². The molecule has 0 aromatic heterocycles. The van der Waals surface area contributed by atoms with Crippen LogP contribution in [0.2, 0.25) is 0 Å². The Kier molecular flexibility index (Phi) is 9.98. The second-order valence-corrected chi connectivity index (χ2v) is 12.2. The van der Waals surface area contributed by atoms with Crippen molar-refractivity contribution in [3.8, 4) is 0 Å². The molecule has 0 spiro atoms. The lowest BCUT2D eigenvalue weighted by atomic mass is 9.70. The smallest absolute Gasteiger partial charge is 0.471 e. The molecule has 2 amide bonds. The van der Waals surface area contributed by atoms with Gasteiger partial charge in [-0.2, -0.15) is 21.6 Å². The van der Waals surface area contributed by atoms with Crippen molar-refractivity contribution in [3.63, 3.8) is 0 Å². The highest BCUT2D eigenvalue weighted by Gasteiger charge is 2.65. The Morgan fingerprint density at radius 3 is 2.29 bits per heavy atom. The molecule has 1 heterocycles. The van der Waals surface area contributed by atoms with E-state index in [0.717, 1.165) is 11.3 Å². The maximum absolute atomic E-state index is 12.4. The number of carboxylic acids is 1. The molecule has 2 unspecified atom stereocenters. The lowest BCUT2D eigenvalue weighted by Gasteiger charge is -2.35. The molecule has 11 nitrogen and oxygen atoms in total. The summed E-state index contributed by atoms with van der Waals surface area (Å²) in [6, 6.07) is -2.47. The van der Waals surface area contributed by atoms with Crippen LogP contribution in [0.3, 0.4) is 0 Å². The Morgan fingerprint density at radius 2 is 1.84 bits per heavy atom. The Balaban J connectivity index is 0.000000290. The van der Waals surface area contributed by atoms with E-state index in [1.54, 1.807) is 5.32 Å². The van der Waals surface area contributed by atoms with E-state index >= 15 is 0 Å². The number of nitrogens with zero attached hydrogens (tertiary/aromatic N) is 1. The third kappa shape index (κ3) is 7.03. The van der Waals surface area contributed by atoms with Gasteiger partial charge in [-0.3, -0.25) is 18.9 Å².